The van der Waals surface area contributed by atoms with Gasteiger partial charge in [-0.15, -0.1) is 0 Å². The number of anilines is 1. The fraction of sp³-hybridized carbons (Fsp3) is 0.619. The maximum absolute atomic E-state index is 11.5. The average Bonchev–Trinajstić information content (AvgIpc) is 2.70. The summed E-state index contributed by atoms with van der Waals surface area (Å²) in [6.45, 7) is 8.19. The minimum atomic E-state index is 0.0891. The van der Waals surface area contributed by atoms with Gasteiger partial charge in [0, 0.05) is 38.9 Å². The first-order valence-corrected chi connectivity index (χ1v) is 10.2. The van der Waals surface area contributed by atoms with Crippen molar-refractivity contribution < 1.29 is 4.79 Å². The summed E-state index contributed by atoms with van der Waals surface area (Å²) < 4.78 is 0. The molecule has 0 aromatic heterocycles. The summed E-state index contributed by atoms with van der Waals surface area (Å²) in [7, 11) is 1.81. The van der Waals surface area contributed by atoms with E-state index in [1.807, 2.05) is 7.05 Å². The van der Waals surface area contributed by atoms with Gasteiger partial charge in [-0.3, -0.25) is 9.79 Å². The molecule has 2 rings (SSSR count). The standard InChI is InChI=1S/C21H35N5O/c1-4-6-7-17(5-2)14-24-21(22-3)25-15-18-8-10-19(11-9-18)26-13-12-23-20(27)16-26/h8-11,17H,4-7,12-16H2,1-3H3,(H,23,27)(H2,22,24,25). The molecule has 1 amide bonds. The number of guanidine groups is 1. The van der Waals surface area contributed by atoms with Crippen molar-refractivity contribution in [2.75, 3.05) is 38.1 Å². The van der Waals surface area contributed by atoms with Crippen LogP contribution in [0, 0.1) is 5.92 Å². The zero-order valence-corrected chi connectivity index (χ0v) is 17.1. The second-order valence-electron chi connectivity index (χ2n) is 7.16. The molecule has 1 aliphatic heterocycles. The van der Waals surface area contributed by atoms with E-state index in [0.717, 1.165) is 31.3 Å². The Labute approximate surface area is 163 Å². The lowest BCUT2D eigenvalue weighted by molar-refractivity contribution is -0.120. The van der Waals surface area contributed by atoms with Gasteiger partial charge in [-0.05, 0) is 30.0 Å². The Morgan fingerprint density at radius 2 is 2.04 bits per heavy atom. The summed E-state index contributed by atoms with van der Waals surface area (Å²) in [5, 5.41) is 9.70. The van der Waals surface area contributed by atoms with Gasteiger partial charge in [0.05, 0.1) is 6.54 Å². The molecule has 0 spiro atoms. The van der Waals surface area contributed by atoms with E-state index >= 15 is 0 Å². The van der Waals surface area contributed by atoms with E-state index in [9.17, 15) is 4.79 Å². The molecule has 1 fully saturated rings. The van der Waals surface area contributed by atoms with Crippen LogP contribution < -0.4 is 20.9 Å². The van der Waals surface area contributed by atoms with Crippen molar-refractivity contribution in [2.45, 2.75) is 46.1 Å². The molecule has 150 valence electrons. The van der Waals surface area contributed by atoms with Crippen molar-refractivity contribution >= 4 is 17.6 Å². The Morgan fingerprint density at radius 1 is 1.26 bits per heavy atom. The number of amides is 1. The number of benzene rings is 1. The van der Waals surface area contributed by atoms with Crippen molar-refractivity contribution in [2.24, 2.45) is 10.9 Å². The third kappa shape index (κ3) is 7.12. The average molecular weight is 374 g/mol. The Morgan fingerprint density at radius 3 is 2.67 bits per heavy atom. The van der Waals surface area contributed by atoms with Crippen molar-refractivity contribution in [3.05, 3.63) is 29.8 Å². The largest absolute Gasteiger partial charge is 0.360 e. The van der Waals surface area contributed by atoms with Crippen LogP contribution in [-0.2, 0) is 11.3 Å². The fourth-order valence-corrected chi connectivity index (χ4v) is 3.27. The zero-order chi connectivity index (χ0) is 19.5. The number of hydrogen-bond acceptors (Lipinski definition) is 3. The van der Waals surface area contributed by atoms with E-state index in [0.29, 0.717) is 19.0 Å². The van der Waals surface area contributed by atoms with Crippen LogP contribution in [0.4, 0.5) is 5.69 Å². The Hall–Kier alpha value is -2.24. The first-order chi connectivity index (χ1) is 13.2. The summed E-state index contributed by atoms with van der Waals surface area (Å²) in [5.41, 5.74) is 2.29. The maximum atomic E-state index is 11.5. The molecular weight excluding hydrogens is 338 g/mol. The Kier molecular flexibility index (Phi) is 8.95. The summed E-state index contributed by atoms with van der Waals surface area (Å²) >= 11 is 0. The van der Waals surface area contributed by atoms with Gasteiger partial charge in [0.25, 0.3) is 0 Å². The van der Waals surface area contributed by atoms with Gasteiger partial charge >= 0.3 is 0 Å². The van der Waals surface area contributed by atoms with Gasteiger partial charge in [0.2, 0.25) is 5.91 Å². The Bertz CT molecular complexity index is 599. The van der Waals surface area contributed by atoms with Crippen LogP contribution in [0.3, 0.4) is 0 Å². The minimum absolute atomic E-state index is 0.0891. The van der Waals surface area contributed by atoms with Gasteiger partial charge in [0.15, 0.2) is 5.96 Å². The predicted octanol–water partition coefficient (Wildman–Crippen LogP) is 2.50. The number of piperazine rings is 1. The van der Waals surface area contributed by atoms with E-state index in [2.05, 4.69) is 64.0 Å². The smallest absolute Gasteiger partial charge is 0.239 e. The monoisotopic (exact) mass is 373 g/mol. The maximum Gasteiger partial charge on any atom is 0.239 e. The lowest BCUT2D eigenvalue weighted by Gasteiger charge is -2.28. The van der Waals surface area contributed by atoms with E-state index in [-0.39, 0.29) is 5.91 Å². The van der Waals surface area contributed by atoms with Crippen LogP contribution in [0.15, 0.2) is 29.3 Å². The topological polar surface area (TPSA) is 68.8 Å². The number of unbranched alkanes of at least 4 members (excludes halogenated alkanes) is 1. The SMILES string of the molecule is CCCCC(CC)CNC(=NC)NCc1ccc(N2CCNC(=O)C2)cc1. The van der Waals surface area contributed by atoms with Crippen LogP contribution in [0.2, 0.25) is 0 Å². The van der Waals surface area contributed by atoms with Crippen LogP contribution in [-0.4, -0.2) is 45.1 Å². The quantitative estimate of drug-likeness (QED) is 0.460. The van der Waals surface area contributed by atoms with Gasteiger partial charge < -0.3 is 20.9 Å². The molecule has 0 radical (unpaired) electrons. The number of nitrogens with zero attached hydrogens (tertiary/aromatic N) is 2. The summed E-state index contributed by atoms with van der Waals surface area (Å²) in [6.07, 6.45) is 5.01. The molecule has 1 saturated heterocycles. The molecule has 3 N–H and O–H groups in total. The lowest BCUT2D eigenvalue weighted by Crippen LogP contribution is -2.47. The normalized spacial score (nSPS) is 16.0. The number of nitrogens with one attached hydrogen (secondary N) is 3. The molecule has 1 unspecified atom stereocenters. The molecule has 6 nitrogen and oxygen atoms in total. The molecule has 0 aliphatic carbocycles. The van der Waals surface area contributed by atoms with Crippen molar-refractivity contribution in [1.82, 2.24) is 16.0 Å². The van der Waals surface area contributed by atoms with E-state index < -0.39 is 0 Å². The van der Waals surface area contributed by atoms with Gasteiger partial charge in [-0.2, -0.15) is 0 Å². The van der Waals surface area contributed by atoms with E-state index in [4.69, 9.17) is 0 Å². The van der Waals surface area contributed by atoms with E-state index in [1.54, 1.807) is 0 Å². The van der Waals surface area contributed by atoms with E-state index in [1.165, 1.54) is 31.2 Å². The molecule has 1 aromatic carbocycles. The molecular formula is C21H35N5O. The molecule has 0 saturated carbocycles. The highest BCUT2D eigenvalue weighted by molar-refractivity contribution is 5.82. The van der Waals surface area contributed by atoms with Gasteiger partial charge in [0.1, 0.15) is 0 Å². The molecule has 1 aromatic rings. The summed E-state index contributed by atoms with van der Waals surface area (Å²) in [4.78, 5) is 18.0. The third-order valence-corrected chi connectivity index (χ3v) is 5.12. The second-order valence-corrected chi connectivity index (χ2v) is 7.16. The van der Waals surface area contributed by atoms with Crippen molar-refractivity contribution in [1.29, 1.82) is 0 Å². The van der Waals surface area contributed by atoms with Crippen LogP contribution in [0.1, 0.15) is 45.1 Å². The first kappa shape index (κ1) is 21.1. The highest BCUT2D eigenvalue weighted by Crippen LogP contribution is 2.16. The summed E-state index contributed by atoms with van der Waals surface area (Å²) in [5.74, 6) is 1.64. The third-order valence-electron chi connectivity index (χ3n) is 5.12. The zero-order valence-electron chi connectivity index (χ0n) is 17.1. The van der Waals surface area contributed by atoms with Crippen LogP contribution >= 0.6 is 0 Å². The molecule has 0 bridgehead atoms. The molecule has 1 heterocycles. The molecule has 6 heteroatoms. The highest BCUT2D eigenvalue weighted by Gasteiger charge is 2.16. The number of carbonyl (C=O) groups is 1. The first-order valence-electron chi connectivity index (χ1n) is 10.2. The molecule has 1 atom stereocenters. The number of aliphatic imine (C=N–C) groups is 1. The number of carbonyl (C=O) groups excluding carboxylic acids is 1. The highest BCUT2D eigenvalue weighted by atomic mass is 16.2. The Balaban J connectivity index is 1.79. The second kappa shape index (κ2) is 11.5. The molecule has 1 aliphatic rings. The molecule has 27 heavy (non-hydrogen) atoms. The van der Waals surface area contributed by atoms with Crippen LogP contribution in [0.5, 0.6) is 0 Å². The van der Waals surface area contributed by atoms with Crippen molar-refractivity contribution in [3.63, 3.8) is 0 Å². The number of rotatable bonds is 9. The minimum Gasteiger partial charge on any atom is -0.360 e. The van der Waals surface area contributed by atoms with Gasteiger partial charge in [-0.1, -0.05) is 45.2 Å². The lowest BCUT2D eigenvalue weighted by atomic mass is 9.99. The predicted molar refractivity (Wildman–Crippen MR) is 113 cm³/mol. The van der Waals surface area contributed by atoms with Crippen molar-refractivity contribution in [3.8, 4) is 0 Å². The summed E-state index contributed by atoms with van der Waals surface area (Å²) in [6, 6.07) is 8.39. The number of hydrogen-bond donors (Lipinski definition) is 3. The van der Waals surface area contributed by atoms with Crippen LogP contribution in [0.25, 0.3) is 0 Å². The fourth-order valence-electron chi connectivity index (χ4n) is 3.27. The van der Waals surface area contributed by atoms with Gasteiger partial charge in [-0.25, -0.2) is 0 Å².